The van der Waals surface area contributed by atoms with Crippen molar-refractivity contribution in [3.63, 3.8) is 0 Å². The van der Waals surface area contributed by atoms with Gasteiger partial charge in [-0.25, -0.2) is 8.42 Å². The van der Waals surface area contributed by atoms with Gasteiger partial charge in [0.2, 0.25) is 0 Å². The van der Waals surface area contributed by atoms with Gasteiger partial charge < -0.3 is 5.32 Å². The second kappa shape index (κ2) is 3.11. The van der Waals surface area contributed by atoms with E-state index in [1.807, 2.05) is 6.92 Å². The van der Waals surface area contributed by atoms with Crippen molar-refractivity contribution < 1.29 is 8.42 Å². The van der Waals surface area contributed by atoms with Crippen molar-refractivity contribution in [3.05, 3.63) is 0 Å². The van der Waals surface area contributed by atoms with Gasteiger partial charge in [-0.3, -0.25) is 0 Å². The largest absolute Gasteiger partial charge is 0.314 e. The summed E-state index contributed by atoms with van der Waals surface area (Å²) >= 11 is 0. The summed E-state index contributed by atoms with van der Waals surface area (Å²) in [5.41, 5.74) is 0. The van der Waals surface area contributed by atoms with Crippen LogP contribution in [0.25, 0.3) is 0 Å². The fraction of sp³-hybridized carbons (Fsp3) is 1.00. The lowest BCUT2D eigenvalue weighted by Crippen LogP contribution is -2.53. The Morgan fingerprint density at radius 2 is 2.09 bits per heavy atom. The van der Waals surface area contributed by atoms with Crippen LogP contribution < -0.4 is 5.32 Å². The average molecular weight is 177 g/mol. The van der Waals surface area contributed by atoms with Crippen molar-refractivity contribution in [1.29, 1.82) is 0 Å². The molecule has 4 heteroatoms. The standard InChI is InChI=1S/C7H15NO2S/c1-3-6(2)11(9,10)7-4-8-5-7/h6-8H,3-5H2,1-2H3. The van der Waals surface area contributed by atoms with Crippen LogP contribution in [0.1, 0.15) is 20.3 Å². The molecular weight excluding hydrogens is 162 g/mol. The third-order valence-electron chi connectivity index (χ3n) is 2.34. The normalized spacial score (nSPS) is 22.7. The fourth-order valence-electron chi connectivity index (χ4n) is 1.06. The van der Waals surface area contributed by atoms with Gasteiger partial charge in [0.1, 0.15) is 0 Å². The van der Waals surface area contributed by atoms with Crippen LogP contribution in [-0.2, 0) is 9.84 Å². The zero-order valence-corrected chi connectivity index (χ0v) is 7.82. The first-order chi connectivity index (χ1) is 5.09. The van der Waals surface area contributed by atoms with Gasteiger partial charge in [-0.05, 0) is 13.3 Å². The molecule has 0 radical (unpaired) electrons. The van der Waals surface area contributed by atoms with Gasteiger partial charge in [0, 0.05) is 13.1 Å². The Hall–Kier alpha value is -0.0900. The lowest BCUT2D eigenvalue weighted by Gasteiger charge is -2.29. The van der Waals surface area contributed by atoms with E-state index in [-0.39, 0.29) is 10.5 Å². The molecule has 1 heterocycles. The van der Waals surface area contributed by atoms with E-state index in [1.165, 1.54) is 0 Å². The number of hydrogen-bond acceptors (Lipinski definition) is 3. The highest BCUT2D eigenvalue weighted by Gasteiger charge is 2.34. The van der Waals surface area contributed by atoms with E-state index in [0.29, 0.717) is 13.1 Å². The third kappa shape index (κ3) is 1.56. The van der Waals surface area contributed by atoms with E-state index in [4.69, 9.17) is 0 Å². The van der Waals surface area contributed by atoms with Crippen LogP contribution in [0.2, 0.25) is 0 Å². The van der Waals surface area contributed by atoms with Gasteiger partial charge >= 0.3 is 0 Å². The maximum Gasteiger partial charge on any atom is 0.158 e. The van der Waals surface area contributed by atoms with Crippen molar-refractivity contribution in [2.75, 3.05) is 13.1 Å². The first-order valence-electron chi connectivity index (χ1n) is 4.02. The molecule has 1 unspecified atom stereocenters. The number of hydrogen-bond donors (Lipinski definition) is 1. The molecule has 0 aromatic heterocycles. The van der Waals surface area contributed by atoms with Crippen molar-refractivity contribution in [3.8, 4) is 0 Å². The summed E-state index contributed by atoms with van der Waals surface area (Å²) in [6.07, 6.45) is 0.721. The third-order valence-corrected chi connectivity index (χ3v) is 5.06. The summed E-state index contributed by atoms with van der Waals surface area (Å²) in [7, 11) is -2.81. The van der Waals surface area contributed by atoms with Crippen molar-refractivity contribution >= 4 is 9.84 Å². The minimum atomic E-state index is -2.81. The lowest BCUT2D eigenvalue weighted by atomic mass is 10.3. The summed E-state index contributed by atoms with van der Waals surface area (Å²) in [6.45, 7) is 4.99. The molecule has 0 bridgehead atoms. The minimum absolute atomic E-state index is 0.113. The van der Waals surface area contributed by atoms with Crippen molar-refractivity contribution in [1.82, 2.24) is 5.32 Å². The van der Waals surface area contributed by atoms with Crippen molar-refractivity contribution in [2.45, 2.75) is 30.8 Å². The number of nitrogens with one attached hydrogen (secondary N) is 1. The maximum atomic E-state index is 11.5. The molecule has 0 spiro atoms. The van der Waals surface area contributed by atoms with Gasteiger partial charge in [0.25, 0.3) is 0 Å². The Kier molecular flexibility index (Phi) is 2.54. The molecule has 1 saturated heterocycles. The SMILES string of the molecule is CCC(C)S(=O)(=O)C1CNC1. The molecule has 1 aliphatic rings. The monoisotopic (exact) mass is 177 g/mol. The van der Waals surface area contributed by atoms with Crippen LogP contribution >= 0.6 is 0 Å². The Bertz CT molecular complexity index is 208. The zero-order valence-electron chi connectivity index (χ0n) is 7.00. The molecule has 0 amide bonds. The van der Waals surface area contributed by atoms with Crippen LogP contribution in [0.15, 0.2) is 0 Å². The van der Waals surface area contributed by atoms with Crippen LogP contribution in [0.5, 0.6) is 0 Å². The maximum absolute atomic E-state index is 11.5. The summed E-state index contributed by atoms with van der Waals surface area (Å²) in [5, 5.41) is 2.68. The molecule has 1 fully saturated rings. The van der Waals surface area contributed by atoms with Gasteiger partial charge in [0.05, 0.1) is 10.5 Å². The Morgan fingerprint density at radius 1 is 1.55 bits per heavy atom. The summed E-state index contributed by atoms with van der Waals surface area (Å²) < 4.78 is 23.0. The molecule has 11 heavy (non-hydrogen) atoms. The van der Waals surface area contributed by atoms with Crippen LogP contribution in [0.3, 0.4) is 0 Å². The fourth-order valence-corrected chi connectivity index (χ4v) is 2.88. The van der Waals surface area contributed by atoms with E-state index in [0.717, 1.165) is 6.42 Å². The predicted octanol–water partition coefficient (Wildman–Crippen LogP) is 0.172. The molecular formula is C7H15NO2S. The first kappa shape index (κ1) is 9.00. The summed E-state index contributed by atoms with van der Waals surface area (Å²) in [6, 6.07) is 0. The molecule has 0 saturated carbocycles. The highest BCUT2D eigenvalue weighted by molar-refractivity contribution is 7.92. The molecule has 0 aromatic carbocycles. The second-order valence-electron chi connectivity index (χ2n) is 3.09. The first-order valence-corrected chi connectivity index (χ1v) is 5.63. The van der Waals surface area contributed by atoms with E-state index >= 15 is 0 Å². The molecule has 1 atom stereocenters. The lowest BCUT2D eigenvalue weighted by molar-refractivity contribution is 0.487. The van der Waals surface area contributed by atoms with E-state index < -0.39 is 9.84 Å². The van der Waals surface area contributed by atoms with Gasteiger partial charge in [-0.1, -0.05) is 6.92 Å². The van der Waals surface area contributed by atoms with Crippen LogP contribution in [0.4, 0.5) is 0 Å². The molecule has 3 nitrogen and oxygen atoms in total. The molecule has 1 aliphatic heterocycles. The molecule has 0 aliphatic carbocycles. The Labute approximate surface area is 68.1 Å². The van der Waals surface area contributed by atoms with E-state index in [2.05, 4.69) is 5.32 Å². The topological polar surface area (TPSA) is 46.2 Å². The Morgan fingerprint density at radius 3 is 2.36 bits per heavy atom. The van der Waals surface area contributed by atoms with Crippen LogP contribution in [-0.4, -0.2) is 32.0 Å². The number of sulfone groups is 1. The van der Waals surface area contributed by atoms with Gasteiger partial charge in [-0.15, -0.1) is 0 Å². The van der Waals surface area contributed by atoms with E-state index in [9.17, 15) is 8.42 Å². The summed E-state index contributed by atoms with van der Waals surface area (Å²) in [4.78, 5) is 0. The highest BCUT2D eigenvalue weighted by atomic mass is 32.2. The van der Waals surface area contributed by atoms with Crippen molar-refractivity contribution in [2.24, 2.45) is 0 Å². The molecule has 1 N–H and O–H groups in total. The smallest absolute Gasteiger partial charge is 0.158 e. The molecule has 66 valence electrons. The number of rotatable bonds is 3. The Balaban J connectivity index is 2.65. The quantitative estimate of drug-likeness (QED) is 0.668. The molecule has 0 aromatic rings. The van der Waals surface area contributed by atoms with Crippen LogP contribution in [0, 0.1) is 0 Å². The summed E-state index contributed by atoms with van der Waals surface area (Å²) in [5.74, 6) is 0. The molecule has 1 rings (SSSR count). The zero-order chi connectivity index (χ0) is 8.48. The van der Waals surface area contributed by atoms with Gasteiger partial charge in [0.15, 0.2) is 9.84 Å². The highest BCUT2D eigenvalue weighted by Crippen LogP contribution is 2.15. The predicted molar refractivity (Wildman–Crippen MR) is 45.3 cm³/mol. The average Bonchev–Trinajstić information content (AvgIpc) is 1.81. The second-order valence-corrected chi connectivity index (χ2v) is 5.74. The van der Waals surface area contributed by atoms with Gasteiger partial charge in [-0.2, -0.15) is 0 Å². The minimum Gasteiger partial charge on any atom is -0.314 e. The van der Waals surface area contributed by atoms with E-state index in [1.54, 1.807) is 6.92 Å².